The van der Waals surface area contributed by atoms with Crippen LogP contribution in [0.25, 0.3) is 11.0 Å². The fourth-order valence-corrected chi connectivity index (χ4v) is 5.93. The van der Waals surface area contributed by atoms with E-state index in [-0.39, 0.29) is 0 Å². The number of ether oxygens (including phenoxy) is 1. The van der Waals surface area contributed by atoms with Crippen molar-refractivity contribution in [2.75, 3.05) is 70.6 Å². The first-order valence-electron chi connectivity index (χ1n) is 14.8. The monoisotopic (exact) mass is 547 g/mol. The molecule has 0 aromatic carbocycles. The van der Waals surface area contributed by atoms with Gasteiger partial charge in [-0.3, -0.25) is 9.89 Å². The summed E-state index contributed by atoms with van der Waals surface area (Å²) < 4.78 is 5.53. The van der Waals surface area contributed by atoms with E-state index >= 15 is 0 Å². The predicted octanol–water partition coefficient (Wildman–Crippen LogP) is 3.31. The van der Waals surface area contributed by atoms with Crippen molar-refractivity contribution in [1.29, 1.82) is 0 Å². The molecule has 3 aliphatic heterocycles. The Labute approximate surface area is 238 Å². The number of fused-ring (bicyclic) bond motifs is 1. The highest BCUT2D eigenvalue weighted by molar-refractivity contribution is 6.16. The highest BCUT2D eigenvalue weighted by Crippen LogP contribution is 2.26. The van der Waals surface area contributed by atoms with E-state index in [1.807, 2.05) is 6.20 Å². The number of allylic oxidation sites excluding steroid dienone is 2. The summed E-state index contributed by atoms with van der Waals surface area (Å²) in [4.78, 5) is 26.8. The fraction of sp³-hybridized carbons (Fsp3) is 0.600. The van der Waals surface area contributed by atoms with Crippen molar-refractivity contribution in [3.05, 3.63) is 42.0 Å². The van der Waals surface area contributed by atoms with Gasteiger partial charge in [-0.05, 0) is 52.2 Å². The maximum atomic E-state index is 6.28. The van der Waals surface area contributed by atoms with Crippen LogP contribution in [0.15, 0.2) is 35.7 Å². The van der Waals surface area contributed by atoms with Gasteiger partial charge < -0.3 is 25.6 Å². The van der Waals surface area contributed by atoms with Crippen molar-refractivity contribution in [2.24, 2.45) is 4.99 Å². The maximum absolute atomic E-state index is 6.28. The van der Waals surface area contributed by atoms with E-state index in [1.165, 1.54) is 39.0 Å². The van der Waals surface area contributed by atoms with Gasteiger partial charge in [-0.25, -0.2) is 15.0 Å². The zero-order chi connectivity index (χ0) is 28.1. The van der Waals surface area contributed by atoms with Crippen LogP contribution in [-0.4, -0.2) is 107 Å². The van der Waals surface area contributed by atoms with Crippen LogP contribution in [0.4, 0.5) is 11.6 Å². The summed E-state index contributed by atoms with van der Waals surface area (Å²) >= 11 is 0. The van der Waals surface area contributed by atoms with Gasteiger partial charge in [0.25, 0.3) is 0 Å². The van der Waals surface area contributed by atoms with E-state index < -0.39 is 0 Å². The molecule has 3 aliphatic rings. The Hall–Kier alpha value is -3.08. The molecule has 0 radical (unpaired) electrons. The number of hydrogen-bond acceptors (Lipinski definition) is 10. The van der Waals surface area contributed by atoms with Gasteiger partial charge in [0.05, 0.1) is 11.4 Å². The summed E-state index contributed by atoms with van der Waals surface area (Å²) in [6, 6.07) is 1.000. The van der Waals surface area contributed by atoms with Crippen molar-refractivity contribution in [3.8, 4) is 0 Å². The average Bonchev–Trinajstić information content (AvgIpc) is 2.99. The van der Waals surface area contributed by atoms with Gasteiger partial charge in [-0.2, -0.15) is 0 Å². The summed E-state index contributed by atoms with van der Waals surface area (Å²) in [5.41, 5.74) is 11.1. The Balaban J connectivity index is 1.35. The minimum Gasteiger partial charge on any atom is -0.382 e. The highest BCUT2D eigenvalue weighted by Gasteiger charge is 2.27. The first-order chi connectivity index (χ1) is 19.5. The largest absolute Gasteiger partial charge is 0.382 e. The van der Waals surface area contributed by atoms with Crippen molar-refractivity contribution >= 4 is 28.4 Å². The van der Waals surface area contributed by atoms with Crippen LogP contribution in [0.3, 0.4) is 0 Å². The number of pyridine rings is 1. The van der Waals surface area contributed by atoms with E-state index in [0.717, 1.165) is 68.3 Å². The molecule has 3 saturated heterocycles. The Morgan fingerprint density at radius 1 is 1.10 bits per heavy atom. The molecule has 2 aromatic rings. The van der Waals surface area contributed by atoms with Crippen LogP contribution < -0.4 is 11.1 Å². The molecule has 10 heteroatoms. The number of nitrogens with zero attached hydrogens (tertiary/aromatic N) is 7. The average molecular weight is 548 g/mol. The molecule has 3 fully saturated rings. The van der Waals surface area contributed by atoms with E-state index in [2.05, 4.69) is 52.5 Å². The lowest BCUT2D eigenvalue weighted by atomic mass is 10.0. The predicted molar refractivity (Wildman–Crippen MR) is 163 cm³/mol. The molecule has 40 heavy (non-hydrogen) atoms. The molecule has 0 spiro atoms. The number of rotatable bonds is 8. The number of nitrogens with two attached hydrogens (primary N) is 1. The molecule has 10 nitrogen and oxygen atoms in total. The molecule has 0 saturated carbocycles. The first kappa shape index (κ1) is 28.4. The van der Waals surface area contributed by atoms with Crippen molar-refractivity contribution in [3.63, 3.8) is 0 Å². The summed E-state index contributed by atoms with van der Waals surface area (Å²) in [7, 11) is 2.22. The number of likely N-dealkylation sites (tertiary alicyclic amines) is 1. The SMILES string of the molecule is C=C/C(=N\C=C(/C)N1CCC(N2CCN(C)CC2)CC1)c1cnc(N)c2nc(CC)c(NC3CCOCC3)nc12. The minimum absolute atomic E-state index is 0.312. The third-order valence-corrected chi connectivity index (χ3v) is 8.57. The molecular formula is C30H45N9O. The molecular weight excluding hydrogens is 502 g/mol. The van der Waals surface area contributed by atoms with E-state index in [1.54, 1.807) is 12.3 Å². The molecule has 0 amide bonds. The second-order valence-corrected chi connectivity index (χ2v) is 11.2. The zero-order valence-electron chi connectivity index (χ0n) is 24.4. The lowest BCUT2D eigenvalue weighted by Gasteiger charge is -2.42. The minimum atomic E-state index is 0.312. The van der Waals surface area contributed by atoms with Crippen molar-refractivity contribution < 1.29 is 4.74 Å². The number of hydrogen-bond donors (Lipinski definition) is 2. The smallest absolute Gasteiger partial charge is 0.151 e. The fourth-order valence-electron chi connectivity index (χ4n) is 5.93. The van der Waals surface area contributed by atoms with Crippen molar-refractivity contribution in [2.45, 2.75) is 58.0 Å². The first-order valence-corrected chi connectivity index (χ1v) is 14.8. The summed E-state index contributed by atoms with van der Waals surface area (Å²) in [6.45, 7) is 16.6. The van der Waals surface area contributed by atoms with Gasteiger partial charge in [-0.1, -0.05) is 13.5 Å². The number of likely N-dealkylation sites (N-methyl/N-ethyl adjacent to an activating group) is 1. The van der Waals surface area contributed by atoms with Crippen LogP contribution >= 0.6 is 0 Å². The van der Waals surface area contributed by atoms with Gasteiger partial charge in [0.2, 0.25) is 0 Å². The molecule has 5 rings (SSSR count). The lowest BCUT2D eigenvalue weighted by Crippen LogP contribution is -2.52. The Morgan fingerprint density at radius 3 is 2.50 bits per heavy atom. The van der Waals surface area contributed by atoms with Crippen LogP contribution in [-0.2, 0) is 11.2 Å². The molecule has 216 valence electrons. The van der Waals surface area contributed by atoms with Gasteiger partial charge in [0.1, 0.15) is 16.9 Å². The van der Waals surface area contributed by atoms with Gasteiger partial charge in [0.15, 0.2) is 5.82 Å². The number of aromatic nitrogens is 3. The van der Waals surface area contributed by atoms with Crippen LogP contribution in [0.2, 0.25) is 0 Å². The summed E-state index contributed by atoms with van der Waals surface area (Å²) in [6.07, 6.45) is 10.5. The number of nitrogen functional groups attached to an aromatic ring is 1. The Bertz CT molecular complexity index is 1240. The molecule has 2 aromatic heterocycles. The molecule has 3 N–H and O–H groups in total. The van der Waals surface area contributed by atoms with E-state index in [0.29, 0.717) is 34.6 Å². The lowest BCUT2D eigenvalue weighted by molar-refractivity contribution is 0.0757. The standard InChI is InChI=1S/C30H45N9O/c1-5-25(32-19-21(3)38-11-7-23(8-12-38)39-15-13-37(4)14-16-39)24-20-33-29(31)28-27(24)36-30(26(6-2)35-28)34-22-9-17-40-18-10-22/h5,19-20,22-23H,1,6-18H2,2-4H3,(H2,31,33)(H,34,36)/b21-19+,32-25+. The third-order valence-electron chi connectivity index (χ3n) is 8.57. The summed E-state index contributed by atoms with van der Waals surface area (Å²) in [5, 5.41) is 3.61. The number of aryl methyl sites for hydroxylation is 1. The summed E-state index contributed by atoms with van der Waals surface area (Å²) in [5.74, 6) is 1.17. The molecule has 0 bridgehead atoms. The van der Waals surface area contributed by atoms with Crippen LogP contribution in [0.5, 0.6) is 0 Å². The Kier molecular flexibility index (Phi) is 9.29. The number of nitrogens with one attached hydrogen (secondary N) is 1. The van der Waals surface area contributed by atoms with Crippen molar-refractivity contribution in [1.82, 2.24) is 29.7 Å². The number of anilines is 2. The van der Waals surface area contributed by atoms with E-state index in [9.17, 15) is 0 Å². The number of aliphatic imine (C=N–C) groups is 1. The third kappa shape index (κ3) is 6.45. The highest BCUT2D eigenvalue weighted by atomic mass is 16.5. The number of piperidine rings is 1. The van der Waals surface area contributed by atoms with Crippen LogP contribution in [0.1, 0.15) is 50.8 Å². The molecule has 5 heterocycles. The molecule has 0 atom stereocenters. The molecule has 0 unspecified atom stereocenters. The van der Waals surface area contributed by atoms with Crippen LogP contribution in [0, 0.1) is 0 Å². The quantitative estimate of drug-likeness (QED) is 0.481. The Morgan fingerprint density at radius 2 is 1.82 bits per heavy atom. The normalized spacial score (nSPS) is 21.2. The van der Waals surface area contributed by atoms with E-state index in [4.69, 9.17) is 25.4 Å². The zero-order valence-corrected chi connectivity index (χ0v) is 24.4. The molecule has 0 aliphatic carbocycles. The topological polar surface area (TPSA) is 108 Å². The maximum Gasteiger partial charge on any atom is 0.151 e. The van der Waals surface area contributed by atoms with Gasteiger partial charge in [-0.15, -0.1) is 0 Å². The number of piperazine rings is 1. The second-order valence-electron chi connectivity index (χ2n) is 11.2. The van der Waals surface area contributed by atoms with Gasteiger partial charge >= 0.3 is 0 Å². The van der Waals surface area contributed by atoms with Gasteiger partial charge in [0, 0.05) is 88.2 Å². The second kappa shape index (κ2) is 13.1.